The molecule has 2 N–H and O–H groups in total. The number of carbonyl (C=O) groups excluding carboxylic acids is 1. The zero-order chi connectivity index (χ0) is 20.2. The Kier molecular flexibility index (Phi) is 5.60. The van der Waals surface area contributed by atoms with Crippen molar-refractivity contribution in [1.82, 2.24) is 14.8 Å². The normalized spacial score (nSPS) is 14.6. The van der Waals surface area contributed by atoms with Crippen molar-refractivity contribution in [3.8, 4) is 11.1 Å². The second-order valence-corrected chi connectivity index (χ2v) is 7.73. The van der Waals surface area contributed by atoms with E-state index in [0.29, 0.717) is 17.4 Å². The van der Waals surface area contributed by atoms with Crippen LogP contribution in [-0.2, 0) is 7.05 Å². The van der Waals surface area contributed by atoms with Crippen molar-refractivity contribution in [3.05, 3.63) is 54.4 Å². The Labute approximate surface area is 171 Å². The number of hydrogen-bond donors (Lipinski definition) is 2. The maximum atomic E-state index is 12.0. The molecular formula is C23H27N5O. The minimum absolute atomic E-state index is 0.0307. The van der Waals surface area contributed by atoms with Crippen LogP contribution in [0.5, 0.6) is 0 Å². The van der Waals surface area contributed by atoms with Gasteiger partial charge in [0.15, 0.2) is 5.78 Å². The monoisotopic (exact) mass is 389 g/mol. The first-order chi connectivity index (χ1) is 14.1. The number of hydrogen-bond acceptors (Lipinski definition) is 5. The van der Waals surface area contributed by atoms with Gasteiger partial charge < -0.3 is 10.6 Å². The van der Waals surface area contributed by atoms with Gasteiger partial charge in [0.2, 0.25) is 0 Å². The Morgan fingerprint density at radius 3 is 2.45 bits per heavy atom. The summed E-state index contributed by atoms with van der Waals surface area (Å²) in [7, 11) is 1.91. The van der Waals surface area contributed by atoms with Gasteiger partial charge in [-0.3, -0.25) is 9.48 Å². The molecule has 1 saturated carbocycles. The second-order valence-electron chi connectivity index (χ2n) is 7.73. The first-order valence-electron chi connectivity index (χ1n) is 10.2. The summed E-state index contributed by atoms with van der Waals surface area (Å²) in [4.78, 5) is 16.8. The van der Waals surface area contributed by atoms with Gasteiger partial charge in [0, 0.05) is 30.5 Å². The van der Waals surface area contributed by atoms with Gasteiger partial charge in [-0.2, -0.15) is 5.10 Å². The van der Waals surface area contributed by atoms with E-state index in [1.807, 2.05) is 43.7 Å². The van der Waals surface area contributed by atoms with Crippen LogP contribution < -0.4 is 10.6 Å². The van der Waals surface area contributed by atoms with Crippen LogP contribution in [0.1, 0.15) is 49.4 Å². The van der Waals surface area contributed by atoms with Crippen molar-refractivity contribution in [3.63, 3.8) is 0 Å². The molecule has 0 spiro atoms. The minimum atomic E-state index is 0.0307. The van der Waals surface area contributed by atoms with E-state index < -0.39 is 0 Å². The van der Waals surface area contributed by atoms with Crippen LogP contribution >= 0.6 is 0 Å². The standard InChI is InChI=1S/C23H27N5O/c1-16(29)21-12-13-22(27-23(21)26-19-6-4-3-5-7-19)25-20-10-8-17(9-11-20)18-14-24-28(2)15-18/h8-15,19H,3-7H2,1-2H3,(H2,25,26,27). The third-order valence-corrected chi connectivity index (χ3v) is 5.42. The Hall–Kier alpha value is -3.15. The van der Waals surface area contributed by atoms with Gasteiger partial charge in [-0.25, -0.2) is 4.98 Å². The predicted octanol–water partition coefficient (Wildman–Crippen LogP) is 5.17. The fourth-order valence-corrected chi connectivity index (χ4v) is 3.83. The molecule has 1 aromatic carbocycles. The zero-order valence-corrected chi connectivity index (χ0v) is 17.0. The van der Waals surface area contributed by atoms with Crippen LogP contribution in [0.25, 0.3) is 11.1 Å². The lowest BCUT2D eigenvalue weighted by atomic mass is 9.95. The van der Waals surface area contributed by atoms with Gasteiger partial charge in [-0.1, -0.05) is 31.4 Å². The largest absolute Gasteiger partial charge is 0.367 e. The molecule has 3 aromatic rings. The highest BCUT2D eigenvalue weighted by Gasteiger charge is 2.17. The summed E-state index contributed by atoms with van der Waals surface area (Å²) >= 11 is 0. The van der Waals surface area contributed by atoms with Crippen LogP contribution in [0.3, 0.4) is 0 Å². The summed E-state index contributed by atoms with van der Waals surface area (Å²) in [5.74, 6) is 1.44. The number of Topliss-reactive ketones (excluding diaryl/α,β-unsaturated/α-hetero) is 1. The molecule has 4 rings (SSSR count). The number of nitrogens with zero attached hydrogens (tertiary/aromatic N) is 3. The molecule has 2 heterocycles. The number of aryl methyl sites for hydroxylation is 1. The molecule has 0 amide bonds. The van der Waals surface area contributed by atoms with Crippen LogP contribution in [-0.4, -0.2) is 26.6 Å². The summed E-state index contributed by atoms with van der Waals surface area (Å²) in [6.45, 7) is 1.59. The van der Waals surface area contributed by atoms with Gasteiger partial charge in [0.25, 0.3) is 0 Å². The van der Waals surface area contributed by atoms with Crippen LogP contribution in [0.2, 0.25) is 0 Å². The average molecular weight is 390 g/mol. The highest BCUT2D eigenvalue weighted by Crippen LogP contribution is 2.26. The maximum absolute atomic E-state index is 12.0. The van der Waals surface area contributed by atoms with Crippen LogP contribution in [0.15, 0.2) is 48.8 Å². The molecule has 0 atom stereocenters. The molecule has 150 valence electrons. The predicted molar refractivity (Wildman–Crippen MR) is 117 cm³/mol. The van der Waals surface area contributed by atoms with Crippen molar-refractivity contribution < 1.29 is 4.79 Å². The van der Waals surface area contributed by atoms with Crippen molar-refractivity contribution in [1.29, 1.82) is 0 Å². The van der Waals surface area contributed by atoms with Crippen LogP contribution in [0, 0.1) is 0 Å². The zero-order valence-electron chi connectivity index (χ0n) is 17.0. The van der Waals surface area contributed by atoms with Crippen molar-refractivity contribution >= 4 is 23.1 Å². The van der Waals surface area contributed by atoms with Gasteiger partial charge in [0.05, 0.1) is 11.8 Å². The van der Waals surface area contributed by atoms with Gasteiger partial charge in [0.1, 0.15) is 11.6 Å². The number of ketones is 1. The third-order valence-electron chi connectivity index (χ3n) is 5.42. The second kappa shape index (κ2) is 8.47. The highest BCUT2D eigenvalue weighted by molar-refractivity contribution is 5.99. The lowest BCUT2D eigenvalue weighted by molar-refractivity contribution is 0.101. The van der Waals surface area contributed by atoms with Crippen molar-refractivity contribution in [2.24, 2.45) is 7.05 Å². The Morgan fingerprint density at radius 2 is 1.79 bits per heavy atom. The number of anilines is 3. The van der Waals surface area contributed by atoms with E-state index in [2.05, 4.69) is 27.9 Å². The summed E-state index contributed by atoms with van der Waals surface area (Å²) < 4.78 is 1.79. The Balaban J connectivity index is 1.52. The van der Waals surface area contributed by atoms with E-state index in [1.54, 1.807) is 11.6 Å². The number of rotatable bonds is 6. The smallest absolute Gasteiger partial charge is 0.163 e. The number of nitrogens with one attached hydrogen (secondary N) is 2. The summed E-state index contributed by atoms with van der Waals surface area (Å²) in [5.41, 5.74) is 3.79. The van der Waals surface area contributed by atoms with E-state index in [9.17, 15) is 4.79 Å². The SMILES string of the molecule is CC(=O)c1ccc(Nc2ccc(-c3cnn(C)c3)cc2)nc1NC1CCCCC1. The Morgan fingerprint density at radius 1 is 1.03 bits per heavy atom. The molecule has 6 nitrogen and oxygen atoms in total. The molecule has 6 heteroatoms. The van der Waals surface area contributed by atoms with Gasteiger partial charge in [-0.05, 0) is 49.6 Å². The molecule has 0 unspecified atom stereocenters. The molecule has 1 aliphatic carbocycles. The number of benzene rings is 1. The van der Waals surface area contributed by atoms with E-state index in [1.165, 1.54) is 19.3 Å². The van der Waals surface area contributed by atoms with E-state index in [-0.39, 0.29) is 5.78 Å². The number of aromatic nitrogens is 3. The molecular weight excluding hydrogens is 362 g/mol. The highest BCUT2D eigenvalue weighted by atomic mass is 16.1. The lowest BCUT2D eigenvalue weighted by Gasteiger charge is -2.24. The quantitative estimate of drug-likeness (QED) is 0.569. The Bertz CT molecular complexity index is 987. The summed E-state index contributed by atoms with van der Waals surface area (Å²) in [5, 5.41) is 11.1. The fourth-order valence-electron chi connectivity index (χ4n) is 3.83. The molecule has 1 fully saturated rings. The summed E-state index contributed by atoms with van der Waals surface area (Å²) in [6.07, 6.45) is 9.87. The van der Waals surface area contributed by atoms with E-state index in [4.69, 9.17) is 4.98 Å². The fraction of sp³-hybridized carbons (Fsp3) is 0.348. The van der Waals surface area contributed by atoms with E-state index >= 15 is 0 Å². The molecule has 2 aromatic heterocycles. The first kappa shape index (κ1) is 19.2. The number of carbonyl (C=O) groups is 1. The third kappa shape index (κ3) is 4.65. The van der Waals surface area contributed by atoms with Gasteiger partial charge in [-0.15, -0.1) is 0 Å². The molecule has 0 radical (unpaired) electrons. The molecule has 0 bridgehead atoms. The van der Waals surface area contributed by atoms with Crippen molar-refractivity contribution in [2.45, 2.75) is 45.1 Å². The van der Waals surface area contributed by atoms with Gasteiger partial charge >= 0.3 is 0 Å². The first-order valence-corrected chi connectivity index (χ1v) is 10.2. The maximum Gasteiger partial charge on any atom is 0.163 e. The lowest BCUT2D eigenvalue weighted by Crippen LogP contribution is -2.24. The molecule has 1 aliphatic rings. The molecule has 29 heavy (non-hydrogen) atoms. The molecule has 0 saturated heterocycles. The van der Waals surface area contributed by atoms with Crippen LogP contribution in [0.4, 0.5) is 17.3 Å². The topological polar surface area (TPSA) is 71.8 Å². The number of pyridine rings is 1. The molecule has 0 aliphatic heterocycles. The summed E-state index contributed by atoms with van der Waals surface area (Å²) in [6, 6.07) is 12.3. The minimum Gasteiger partial charge on any atom is -0.367 e. The van der Waals surface area contributed by atoms with E-state index in [0.717, 1.165) is 35.5 Å². The van der Waals surface area contributed by atoms with Crippen molar-refractivity contribution in [2.75, 3.05) is 10.6 Å². The average Bonchev–Trinajstić information content (AvgIpc) is 3.16.